The molecule has 0 saturated carbocycles. The van der Waals surface area contributed by atoms with Crippen molar-refractivity contribution in [2.24, 2.45) is 0 Å². The lowest BCUT2D eigenvalue weighted by Crippen LogP contribution is -2.33. The average Bonchev–Trinajstić information content (AvgIpc) is 3.04. The van der Waals surface area contributed by atoms with E-state index in [1.807, 2.05) is 13.8 Å². The molecule has 1 fully saturated rings. The summed E-state index contributed by atoms with van der Waals surface area (Å²) in [5, 5.41) is 29.1. The van der Waals surface area contributed by atoms with E-state index >= 15 is 0 Å². The summed E-state index contributed by atoms with van der Waals surface area (Å²) in [7, 11) is 0. The molecule has 0 aliphatic carbocycles. The maximum atomic E-state index is 10.0. The molecule has 0 bridgehead atoms. The minimum absolute atomic E-state index is 0.206. The number of hydrogen-bond donors (Lipinski definition) is 3. The Morgan fingerprint density at radius 2 is 1.95 bits per heavy atom. The minimum Gasteiger partial charge on any atom is -0.394 e. The molecule has 4 atom stereocenters. The van der Waals surface area contributed by atoms with Crippen molar-refractivity contribution < 1.29 is 20.1 Å². The van der Waals surface area contributed by atoms with Crippen LogP contribution in [-0.4, -0.2) is 59.8 Å². The zero-order valence-corrected chi connectivity index (χ0v) is 13.3. The van der Waals surface area contributed by atoms with Crippen LogP contribution in [0.5, 0.6) is 0 Å². The second-order valence-corrected chi connectivity index (χ2v) is 4.97. The summed E-state index contributed by atoms with van der Waals surface area (Å²) in [5.74, 6) is 0.455. The van der Waals surface area contributed by atoms with Crippen LogP contribution in [0.2, 0.25) is 5.15 Å². The van der Waals surface area contributed by atoms with Gasteiger partial charge < -0.3 is 20.1 Å². The van der Waals surface area contributed by atoms with E-state index in [4.69, 9.17) is 21.4 Å². The Hall–Kier alpha value is -1.32. The van der Waals surface area contributed by atoms with Gasteiger partial charge in [0.25, 0.3) is 0 Å². The number of aliphatic hydroxyl groups excluding tert-OH is 3. The summed E-state index contributed by atoms with van der Waals surface area (Å²) in [5.41, 5.74) is 0.785. The molecule has 2 aromatic heterocycles. The number of aromatic nitrogens is 4. The van der Waals surface area contributed by atoms with Crippen LogP contribution in [0.1, 0.15) is 25.9 Å². The molecule has 0 aromatic carbocycles. The minimum atomic E-state index is -1.20. The van der Waals surface area contributed by atoms with Gasteiger partial charge in [0.05, 0.1) is 12.9 Å². The third-order valence-electron chi connectivity index (χ3n) is 3.28. The Morgan fingerprint density at radius 1 is 1.27 bits per heavy atom. The van der Waals surface area contributed by atoms with Crippen molar-refractivity contribution in [2.75, 3.05) is 6.61 Å². The quantitative estimate of drug-likeness (QED) is 0.684. The van der Waals surface area contributed by atoms with Gasteiger partial charge in [0.2, 0.25) is 0 Å². The highest BCUT2D eigenvalue weighted by atomic mass is 35.5. The molecule has 3 heterocycles. The summed E-state index contributed by atoms with van der Waals surface area (Å²) in [6.07, 6.45) is -2.71. The molecule has 1 unspecified atom stereocenters. The van der Waals surface area contributed by atoms with Crippen molar-refractivity contribution in [3.63, 3.8) is 0 Å². The second kappa shape index (κ2) is 6.84. The Balaban J connectivity index is 0.000000847. The second-order valence-electron chi connectivity index (χ2n) is 4.61. The molecule has 1 aliphatic heterocycles. The third kappa shape index (κ3) is 2.80. The van der Waals surface area contributed by atoms with Gasteiger partial charge in [0, 0.05) is 0 Å². The maximum Gasteiger partial charge on any atom is 0.167 e. The van der Waals surface area contributed by atoms with Crippen LogP contribution in [0, 0.1) is 6.92 Å². The van der Waals surface area contributed by atoms with Crippen LogP contribution in [0.25, 0.3) is 11.2 Å². The van der Waals surface area contributed by atoms with Crippen molar-refractivity contribution >= 4 is 22.8 Å². The number of imidazole rings is 1. The highest BCUT2D eigenvalue weighted by molar-refractivity contribution is 6.33. The summed E-state index contributed by atoms with van der Waals surface area (Å²) >= 11 is 5.98. The summed E-state index contributed by atoms with van der Waals surface area (Å²) in [4.78, 5) is 12.3. The predicted octanol–water partition coefficient (Wildman–Crippen LogP) is 0.426. The third-order valence-corrected chi connectivity index (χ3v) is 3.55. The number of nitrogens with zero attached hydrogens (tertiary/aromatic N) is 4. The highest BCUT2D eigenvalue weighted by Gasteiger charge is 2.44. The molecule has 0 spiro atoms. The van der Waals surface area contributed by atoms with Crippen LogP contribution in [0.4, 0.5) is 0 Å². The normalized spacial score (nSPS) is 27.8. The SMILES string of the molecule is CC.Cc1nc(Cl)c2ncn(C3O[C@H](CO)[C@@H](O)[C@H]3O)c2n1. The van der Waals surface area contributed by atoms with E-state index in [1.165, 1.54) is 10.9 Å². The number of halogens is 1. The maximum absolute atomic E-state index is 10.0. The number of ether oxygens (including phenoxy) is 1. The molecule has 2 aromatic rings. The molecular weight excluding hydrogens is 312 g/mol. The van der Waals surface area contributed by atoms with Crippen LogP contribution in [-0.2, 0) is 4.74 Å². The average molecular weight is 331 g/mol. The fourth-order valence-corrected chi connectivity index (χ4v) is 2.54. The van der Waals surface area contributed by atoms with Gasteiger partial charge >= 0.3 is 0 Å². The molecule has 0 radical (unpaired) electrons. The molecule has 1 saturated heterocycles. The Morgan fingerprint density at radius 3 is 2.55 bits per heavy atom. The summed E-state index contributed by atoms with van der Waals surface area (Å²) in [6.45, 7) is 5.29. The van der Waals surface area contributed by atoms with Gasteiger partial charge in [0.1, 0.15) is 29.7 Å². The molecule has 22 heavy (non-hydrogen) atoms. The predicted molar refractivity (Wildman–Crippen MR) is 79.4 cm³/mol. The first kappa shape index (κ1) is 17.0. The standard InChI is InChI=1S/C11H13ClN4O4.C2H6/c1-4-14-9(12)6-10(15-4)16(3-13-6)11-8(19)7(18)5(2-17)20-11;1-2/h3,5,7-8,11,17-19H,2H2,1H3;1-2H3/t5-,7-,8-,11?;/m1./s1. The molecule has 3 N–H and O–H groups in total. The number of aliphatic hydroxyl groups is 3. The zero-order valence-electron chi connectivity index (χ0n) is 12.5. The lowest BCUT2D eigenvalue weighted by Gasteiger charge is -2.16. The molecule has 8 nitrogen and oxygen atoms in total. The fraction of sp³-hybridized carbons (Fsp3) is 0.615. The van der Waals surface area contributed by atoms with Gasteiger partial charge in [-0.1, -0.05) is 25.4 Å². The van der Waals surface area contributed by atoms with Crippen molar-refractivity contribution in [2.45, 2.75) is 45.3 Å². The van der Waals surface area contributed by atoms with Gasteiger partial charge in [-0.25, -0.2) is 15.0 Å². The smallest absolute Gasteiger partial charge is 0.167 e. The summed E-state index contributed by atoms with van der Waals surface area (Å²) < 4.78 is 6.91. The molecular formula is C13H19ClN4O4. The molecule has 0 amide bonds. The summed E-state index contributed by atoms with van der Waals surface area (Å²) in [6, 6.07) is 0. The van der Waals surface area contributed by atoms with Gasteiger partial charge in [-0.15, -0.1) is 0 Å². The van der Waals surface area contributed by atoms with E-state index in [2.05, 4.69) is 15.0 Å². The van der Waals surface area contributed by atoms with Crippen molar-refractivity contribution in [3.05, 3.63) is 17.3 Å². The lowest BCUT2D eigenvalue weighted by molar-refractivity contribution is -0.0511. The van der Waals surface area contributed by atoms with Gasteiger partial charge in [-0.2, -0.15) is 0 Å². The van der Waals surface area contributed by atoms with Gasteiger partial charge in [-0.3, -0.25) is 4.57 Å². The Labute approximate surface area is 132 Å². The van der Waals surface area contributed by atoms with Crippen molar-refractivity contribution in [1.82, 2.24) is 19.5 Å². The lowest BCUT2D eigenvalue weighted by atomic mass is 10.1. The van der Waals surface area contributed by atoms with E-state index in [0.29, 0.717) is 17.0 Å². The first-order valence-electron chi connectivity index (χ1n) is 7.02. The van der Waals surface area contributed by atoms with Crippen molar-refractivity contribution in [1.29, 1.82) is 0 Å². The fourth-order valence-electron chi connectivity index (χ4n) is 2.28. The van der Waals surface area contributed by atoms with E-state index < -0.39 is 31.1 Å². The largest absolute Gasteiger partial charge is 0.394 e. The monoisotopic (exact) mass is 330 g/mol. The van der Waals surface area contributed by atoms with Crippen LogP contribution >= 0.6 is 11.6 Å². The number of aryl methyl sites for hydroxylation is 1. The van der Waals surface area contributed by atoms with E-state index in [0.717, 1.165) is 0 Å². The van der Waals surface area contributed by atoms with E-state index in [9.17, 15) is 10.2 Å². The first-order valence-corrected chi connectivity index (χ1v) is 7.40. The molecule has 122 valence electrons. The van der Waals surface area contributed by atoms with Crippen LogP contribution in [0.15, 0.2) is 6.33 Å². The molecule has 3 rings (SSSR count). The Bertz CT molecular complexity index is 650. The number of rotatable bonds is 2. The zero-order chi connectivity index (χ0) is 16.4. The number of fused-ring (bicyclic) bond motifs is 1. The topological polar surface area (TPSA) is 114 Å². The van der Waals surface area contributed by atoms with Gasteiger partial charge in [-0.05, 0) is 6.92 Å². The van der Waals surface area contributed by atoms with E-state index in [-0.39, 0.29) is 5.15 Å². The number of hydrogen-bond acceptors (Lipinski definition) is 7. The first-order chi connectivity index (χ1) is 10.5. The van der Waals surface area contributed by atoms with Gasteiger partial charge in [0.15, 0.2) is 17.0 Å². The molecule has 9 heteroatoms. The molecule has 1 aliphatic rings. The van der Waals surface area contributed by atoms with Crippen LogP contribution < -0.4 is 0 Å². The highest BCUT2D eigenvalue weighted by Crippen LogP contribution is 2.32. The van der Waals surface area contributed by atoms with Crippen molar-refractivity contribution in [3.8, 4) is 0 Å². The Kier molecular flexibility index (Phi) is 5.30. The van der Waals surface area contributed by atoms with E-state index in [1.54, 1.807) is 6.92 Å². The van der Waals surface area contributed by atoms with Crippen LogP contribution in [0.3, 0.4) is 0 Å².